The minimum absolute atomic E-state index is 0.0151. The second-order valence-electron chi connectivity index (χ2n) is 6.62. The van der Waals surface area contributed by atoms with Crippen molar-refractivity contribution in [1.29, 1.82) is 0 Å². The summed E-state index contributed by atoms with van der Waals surface area (Å²) in [7, 11) is -3.82. The molecule has 1 heterocycles. The summed E-state index contributed by atoms with van der Waals surface area (Å²) in [6, 6.07) is 13.3. The van der Waals surface area contributed by atoms with Crippen LogP contribution in [0.3, 0.4) is 0 Å². The molecule has 0 saturated carbocycles. The van der Waals surface area contributed by atoms with Gasteiger partial charge in [0.2, 0.25) is 11.9 Å². The van der Waals surface area contributed by atoms with Crippen LogP contribution >= 0.6 is 0 Å². The molecule has 0 bridgehead atoms. The number of rotatable bonds is 8. The molecule has 1 amide bonds. The van der Waals surface area contributed by atoms with Gasteiger partial charge < -0.3 is 10.1 Å². The van der Waals surface area contributed by atoms with Crippen molar-refractivity contribution in [3.63, 3.8) is 0 Å². The summed E-state index contributed by atoms with van der Waals surface area (Å²) in [4.78, 5) is 19.8. The Kier molecular flexibility index (Phi) is 6.63. The molecule has 0 spiro atoms. The SMILES string of the molecule is Cc1ccc(OCCC(=O)Nc2ccc(S(=O)(=O)Nc3ncccn3)cc2)c(C)c1. The predicted octanol–water partition coefficient (Wildman–Crippen LogP) is 3.30. The van der Waals surface area contributed by atoms with Gasteiger partial charge in [0.1, 0.15) is 5.75 Å². The number of nitrogens with one attached hydrogen (secondary N) is 2. The Hall–Kier alpha value is -3.46. The van der Waals surface area contributed by atoms with Crippen molar-refractivity contribution < 1.29 is 17.9 Å². The number of benzene rings is 2. The number of aryl methyl sites for hydroxylation is 2. The first kappa shape index (κ1) is 21.3. The van der Waals surface area contributed by atoms with Crippen molar-refractivity contribution in [3.8, 4) is 5.75 Å². The number of nitrogens with zero attached hydrogens (tertiary/aromatic N) is 2. The molecule has 2 aromatic carbocycles. The van der Waals surface area contributed by atoms with E-state index in [9.17, 15) is 13.2 Å². The van der Waals surface area contributed by atoms with E-state index in [0.717, 1.165) is 16.9 Å². The standard InChI is InChI=1S/C21H22N4O4S/c1-15-4-9-19(16(2)14-15)29-13-10-20(26)24-17-5-7-18(8-6-17)30(27,28)25-21-22-11-3-12-23-21/h3-9,11-12,14H,10,13H2,1-2H3,(H,24,26)(H,22,23,25). The lowest BCUT2D eigenvalue weighted by Gasteiger charge is -2.10. The number of hydrogen-bond donors (Lipinski definition) is 2. The Bertz CT molecular complexity index is 1120. The minimum Gasteiger partial charge on any atom is -0.493 e. The van der Waals surface area contributed by atoms with E-state index in [0.29, 0.717) is 5.69 Å². The topological polar surface area (TPSA) is 110 Å². The van der Waals surface area contributed by atoms with E-state index in [1.54, 1.807) is 6.07 Å². The van der Waals surface area contributed by atoms with Gasteiger partial charge in [-0.3, -0.25) is 4.79 Å². The molecular formula is C21H22N4O4S. The summed E-state index contributed by atoms with van der Waals surface area (Å²) in [6.45, 7) is 4.20. The van der Waals surface area contributed by atoms with Gasteiger partial charge in [-0.1, -0.05) is 17.7 Å². The first-order chi connectivity index (χ1) is 14.3. The lowest BCUT2D eigenvalue weighted by molar-refractivity contribution is -0.116. The van der Waals surface area contributed by atoms with Crippen molar-refractivity contribution in [1.82, 2.24) is 9.97 Å². The highest BCUT2D eigenvalue weighted by Crippen LogP contribution is 2.19. The van der Waals surface area contributed by atoms with E-state index in [2.05, 4.69) is 20.0 Å². The van der Waals surface area contributed by atoms with Crippen LogP contribution in [-0.4, -0.2) is 30.9 Å². The molecule has 0 aliphatic heterocycles. The minimum atomic E-state index is -3.82. The summed E-state index contributed by atoms with van der Waals surface area (Å²) in [5, 5.41) is 2.72. The molecule has 0 aliphatic rings. The Balaban J connectivity index is 1.52. The molecule has 9 heteroatoms. The van der Waals surface area contributed by atoms with Gasteiger partial charge in [-0.25, -0.2) is 23.1 Å². The van der Waals surface area contributed by atoms with Crippen molar-refractivity contribution >= 4 is 27.6 Å². The maximum atomic E-state index is 12.4. The first-order valence-electron chi connectivity index (χ1n) is 9.23. The van der Waals surface area contributed by atoms with E-state index in [1.807, 2.05) is 32.0 Å². The smallest absolute Gasteiger partial charge is 0.264 e. The van der Waals surface area contributed by atoms with Crippen LogP contribution in [0.25, 0.3) is 0 Å². The second-order valence-corrected chi connectivity index (χ2v) is 8.30. The van der Waals surface area contributed by atoms with Crippen molar-refractivity contribution in [2.24, 2.45) is 0 Å². The number of amides is 1. The molecule has 0 saturated heterocycles. The molecule has 8 nitrogen and oxygen atoms in total. The van der Waals surface area contributed by atoms with Gasteiger partial charge >= 0.3 is 0 Å². The molecule has 0 radical (unpaired) electrons. The zero-order valence-corrected chi connectivity index (χ0v) is 17.4. The van der Waals surface area contributed by atoms with E-state index < -0.39 is 10.0 Å². The van der Waals surface area contributed by atoms with Gasteiger partial charge in [-0.2, -0.15) is 0 Å². The number of aromatic nitrogens is 2. The van der Waals surface area contributed by atoms with Crippen LogP contribution in [0, 0.1) is 13.8 Å². The van der Waals surface area contributed by atoms with Crippen LogP contribution in [-0.2, 0) is 14.8 Å². The van der Waals surface area contributed by atoms with Crippen LogP contribution in [0.1, 0.15) is 17.5 Å². The maximum absolute atomic E-state index is 12.4. The summed E-state index contributed by atoms with van der Waals surface area (Å²) in [5.41, 5.74) is 2.65. The molecule has 0 fully saturated rings. The van der Waals surface area contributed by atoms with Gasteiger partial charge in [0, 0.05) is 18.1 Å². The molecule has 3 aromatic rings. The first-order valence-corrected chi connectivity index (χ1v) is 10.7. The number of anilines is 2. The van der Waals surface area contributed by atoms with Gasteiger partial charge in [-0.15, -0.1) is 0 Å². The average molecular weight is 426 g/mol. The zero-order valence-electron chi connectivity index (χ0n) is 16.6. The van der Waals surface area contributed by atoms with Crippen LogP contribution in [0.4, 0.5) is 11.6 Å². The van der Waals surface area contributed by atoms with Gasteiger partial charge in [0.25, 0.3) is 10.0 Å². The highest BCUT2D eigenvalue weighted by Gasteiger charge is 2.15. The fraction of sp³-hybridized carbons (Fsp3) is 0.190. The van der Waals surface area contributed by atoms with E-state index in [1.165, 1.54) is 36.7 Å². The Morgan fingerprint density at radius 2 is 1.73 bits per heavy atom. The van der Waals surface area contributed by atoms with Gasteiger partial charge in [-0.05, 0) is 55.8 Å². The molecule has 0 atom stereocenters. The summed E-state index contributed by atoms with van der Waals surface area (Å²) in [6.07, 6.45) is 3.04. The van der Waals surface area contributed by atoms with E-state index in [4.69, 9.17) is 4.74 Å². The third-order valence-electron chi connectivity index (χ3n) is 4.16. The lowest BCUT2D eigenvalue weighted by Crippen LogP contribution is -2.16. The highest BCUT2D eigenvalue weighted by molar-refractivity contribution is 7.92. The van der Waals surface area contributed by atoms with Crippen molar-refractivity contribution in [2.45, 2.75) is 25.2 Å². The van der Waals surface area contributed by atoms with Crippen molar-refractivity contribution in [2.75, 3.05) is 16.6 Å². The third kappa shape index (κ3) is 5.77. The fourth-order valence-corrected chi connectivity index (χ4v) is 3.64. The number of hydrogen-bond acceptors (Lipinski definition) is 6. The Morgan fingerprint density at radius 3 is 2.40 bits per heavy atom. The van der Waals surface area contributed by atoms with Gasteiger partial charge in [0.05, 0.1) is 17.9 Å². The van der Waals surface area contributed by atoms with Crippen LogP contribution in [0.15, 0.2) is 65.8 Å². The molecule has 156 valence electrons. The van der Waals surface area contributed by atoms with Crippen LogP contribution in [0.5, 0.6) is 5.75 Å². The number of ether oxygens (including phenoxy) is 1. The van der Waals surface area contributed by atoms with Crippen molar-refractivity contribution in [3.05, 3.63) is 72.1 Å². The molecule has 2 N–H and O–H groups in total. The molecule has 30 heavy (non-hydrogen) atoms. The molecule has 0 aliphatic carbocycles. The number of sulfonamides is 1. The monoisotopic (exact) mass is 426 g/mol. The highest BCUT2D eigenvalue weighted by atomic mass is 32.2. The largest absolute Gasteiger partial charge is 0.493 e. The quantitative estimate of drug-likeness (QED) is 0.572. The molecule has 3 rings (SSSR count). The van der Waals surface area contributed by atoms with Crippen LogP contribution in [0.2, 0.25) is 0 Å². The predicted molar refractivity (Wildman–Crippen MR) is 114 cm³/mol. The van der Waals surface area contributed by atoms with E-state index >= 15 is 0 Å². The fourth-order valence-electron chi connectivity index (χ4n) is 2.69. The Morgan fingerprint density at radius 1 is 1.03 bits per heavy atom. The van der Waals surface area contributed by atoms with Gasteiger partial charge in [0.15, 0.2) is 0 Å². The average Bonchev–Trinajstić information content (AvgIpc) is 2.70. The number of carbonyl (C=O) groups excluding carboxylic acids is 1. The summed E-state index contributed by atoms with van der Waals surface area (Å²) >= 11 is 0. The zero-order chi connectivity index (χ0) is 21.6. The molecular weight excluding hydrogens is 404 g/mol. The summed E-state index contributed by atoms with van der Waals surface area (Å²) < 4.78 is 32.7. The normalized spacial score (nSPS) is 11.0. The third-order valence-corrected chi connectivity index (χ3v) is 5.50. The van der Waals surface area contributed by atoms with E-state index in [-0.39, 0.29) is 29.8 Å². The lowest BCUT2D eigenvalue weighted by atomic mass is 10.1. The van der Waals surface area contributed by atoms with Crippen LogP contribution < -0.4 is 14.8 Å². The second kappa shape index (κ2) is 9.36. The number of carbonyl (C=O) groups is 1. The Labute approximate surface area is 175 Å². The molecule has 0 unspecified atom stereocenters. The molecule has 1 aromatic heterocycles. The maximum Gasteiger partial charge on any atom is 0.264 e. The summed E-state index contributed by atoms with van der Waals surface area (Å²) in [5.74, 6) is 0.503.